The van der Waals surface area contributed by atoms with Crippen LogP contribution in [-0.2, 0) is 6.54 Å². The third-order valence-corrected chi connectivity index (χ3v) is 3.12. The van der Waals surface area contributed by atoms with Crippen molar-refractivity contribution in [2.75, 3.05) is 18.8 Å². The highest BCUT2D eigenvalue weighted by molar-refractivity contribution is 9.10. The van der Waals surface area contributed by atoms with Gasteiger partial charge in [0.2, 0.25) is 0 Å². The van der Waals surface area contributed by atoms with Gasteiger partial charge in [0, 0.05) is 11.0 Å². The van der Waals surface area contributed by atoms with Crippen molar-refractivity contribution in [1.29, 1.82) is 0 Å². The lowest BCUT2D eigenvalue weighted by atomic mass is 10.1. The Labute approximate surface area is 98.4 Å². The zero-order chi connectivity index (χ0) is 11.4. The molecule has 0 spiro atoms. The Balaban J connectivity index is 2.93. The molecule has 1 rings (SSSR count). The van der Waals surface area contributed by atoms with Crippen molar-refractivity contribution < 1.29 is 4.39 Å². The van der Waals surface area contributed by atoms with Crippen molar-refractivity contribution >= 4 is 21.6 Å². The molecule has 1 aromatic carbocycles. The van der Waals surface area contributed by atoms with E-state index in [4.69, 9.17) is 5.73 Å². The van der Waals surface area contributed by atoms with E-state index in [0.717, 1.165) is 18.7 Å². The van der Waals surface area contributed by atoms with Gasteiger partial charge in [-0.3, -0.25) is 4.90 Å². The largest absolute Gasteiger partial charge is 0.398 e. The lowest BCUT2D eigenvalue weighted by molar-refractivity contribution is 0.296. The topological polar surface area (TPSA) is 29.3 Å². The number of benzene rings is 1. The summed E-state index contributed by atoms with van der Waals surface area (Å²) in [6.45, 7) is 6.71. The normalized spacial score (nSPS) is 11.0. The van der Waals surface area contributed by atoms with E-state index in [1.54, 1.807) is 0 Å². The van der Waals surface area contributed by atoms with Crippen LogP contribution < -0.4 is 5.73 Å². The third kappa shape index (κ3) is 3.18. The molecule has 2 N–H and O–H groups in total. The van der Waals surface area contributed by atoms with E-state index < -0.39 is 0 Å². The van der Waals surface area contributed by atoms with Gasteiger partial charge in [-0.15, -0.1) is 0 Å². The van der Waals surface area contributed by atoms with Crippen LogP contribution in [0.25, 0.3) is 0 Å². The minimum absolute atomic E-state index is 0.252. The summed E-state index contributed by atoms with van der Waals surface area (Å²) in [5.74, 6) is -0.252. The number of rotatable bonds is 4. The molecule has 0 heterocycles. The molecule has 2 nitrogen and oxygen atoms in total. The predicted molar refractivity (Wildman–Crippen MR) is 65.1 cm³/mol. The van der Waals surface area contributed by atoms with E-state index in [-0.39, 0.29) is 5.82 Å². The minimum atomic E-state index is -0.252. The summed E-state index contributed by atoms with van der Waals surface area (Å²) < 4.78 is 13.8. The van der Waals surface area contributed by atoms with Crippen LogP contribution in [0.4, 0.5) is 10.1 Å². The van der Waals surface area contributed by atoms with Gasteiger partial charge in [0.05, 0.1) is 5.69 Å². The molecule has 1 aromatic rings. The maximum atomic E-state index is 13.2. The Morgan fingerprint density at radius 2 is 1.93 bits per heavy atom. The molecule has 0 aromatic heterocycles. The van der Waals surface area contributed by atoms with Crippen LogP contribution in [-0.4, -0.2) is 18.0 Å². The molecule has 15 heavy (non-hydrogen) atoms. The first-order valence-corrected chi connectivity index (χ1v) is 5.83. The second kappa shape index (κ2) is 5.47. The molecule has 0 fully saturated rings. The summed E-state index contributed by atoms with van der Waals surface area (Å²) in [5.41, 5.74) is 7.34. The maximum Gasteiger partial charge on any atom is 0.124 e. The smallest absolute Gasteiger partial charge is 0.124 e. The monoisotopic (exact) mass is 274 g/mol. The Morgan fingerprint density at radius 1 is 1.33 bits per heavy atom. The Morgan fingerprint density at radius 3 is 2.47 bits per heavy atom. The van der Waals surface area contributed by atoms with Gasteiger partial charge in [0.25, 0.3) is 0 Å². The first-order chi connectivity index (χ1) is 7.08. The van der Waals surface area contributed by atoms with Crippen LogP contribution in [0.1, 0.15) is 19.4 Å². The van der Waals surface area contributed by atoms with E-state index in [1.807, 2.05) is 0 Å². The van der Waals surface area contributed by atoms with Crippen molar-refractivity contribution in [1.82, 2.24) is 4.90 Å². The highest BCUT2D eigenvalue weighted by Crippen LogP contribution is 2.25. The molecule has 0 atom stereocenters. The molecule has 0 aliphatic heterocycles. The third-order valence-electron chi connectivity index (χ3n) is 2.47. The average molecular weight is 275 g/mol. The lowest BCUT2D eigenvalue weighted by Crippen LogP contribution is -2.22. The molecular weight excluding hydrogens is 259 g/mol. The summed E-state index contributed by atoms with van der Waals surface area (Å²) >= 11 is 3.25. The van der Waals surface area contributed by atoms with Gasteiger partial charge < -0.3 is 5.73 Å². The molecule has 0 saturated heterocycles. The summed E-state index contributed by atoms with van der Waals surface area (Å²) in [7, 11) is 0. The summed E-state index contributed by atoms with van der Waals surface area (Å²) in [6.07, 6.45) is 0. The summed E-state index contributed by atoms with van der Waals surface area (Å²) in [4.78, 5) is 2.19. The number of nitrogens with zero attached hydrogens (tertiary/aromatic N) is 1. The van der Waals surface area contributed by atoms with E-state index >= 15 is 0 Å². The van der Waals surface area contributed by atoms with Crippen molar-refractivity contribution in [3.63, 3.8) is 0 Å². The van der Waals surface area contributed by atoms with Crippen LogP contribution >= 0.6 is 15.9 Å². The van der Waals surface area contributed by atoms with Gasteiger partial charge in [-0.2, -0.15) is 0 Å². The fraction of sp³-hybridized carbons (Fsp3) is 0.455. The van der Waals surface area contributed by atoms with E-state index in [9.17, 15) is 4.39 Å². The van der Waals surface area contributed by atoms with Gasteiger partial charge in [-0.1, -0.05) is 13.8 Å². The van der Waals surface area contributed by atoms with Gasteiger partial charge in [-0.05, 0) is 46.7 Å². The van der Waals surface area contributed by atoms with Crippen LogP contribution in [0.15, 0.2) is 16.6 Å². The zero-order valence-corrected chi connectivity index (χ0v) is 10.6. The molecule has 84 valence electrons. The highest BCUT2D eigenvalue weighted by Gasteiger charge is 2.09. The second-order valence-electron chi connectivity index (χ2n) is 3.42. The quantitative estimate of drug-likeness (QED) is 0.856. The van der Waals surface area contributed by atoms with Gasteiger partial charge in [-0.25, -0.2) is 4.39 Å². The molecule has 0 unspecified atom stereocenters. The van der Waals surface area contributed by atoms with Crippen molar-refractivity contribution in [2.24, 2.45) is 0 Å². The Hall–Kier alpha value is -0.610. The van der Waals surface area contributed by atoms with E-state index in [0.29, 0.717) is 16.7 Å². The number of hydrogen-bond donors (Lipinski definition) is 1. The Kier molecular flexibility index (Phi) is 4.54. The fourth-order valence-electron chi connectivity index (χ4n) is 1.46. The van der Waals surface area contributed by atoms with Crippen molar-refractivity contribution in [3.8, 4) is 0 Å². The second-order valence-corrected chi connectivity index (χ2v) is 4.28. The molecule has 0 bridgehead atoms. The predicted octanol–water partition coefficient (Wildman–Crippen LogP) is 3.01. The van der Waals surface area contributed by atoms with Gasteiger partial charge >= 0.3 is 0 Å². The molecule has 0 aliphatic carbocycles. The molecule has 0 amide bonds. The molecule has 0 aliphatic rings. The zero-order valence-electron chi connectivity index (χ0n) is 9.06. The van der Waals surface area contributed by atoms with Crippen LogP contribution in [0.2, 0.25) is 0 Å². The van der Waals surface area contributed by atoms with Crippen molar-refractivity contribution in [3.05, 3.63) is 28.0 Å². The first kappa shape index (κ1) is 12.5. The van der Waals surface area contributed by atoms with Crippen LogP contribution in [0, 0.1) is 5.82 Å². The van der Waals surface area contributed by atoms with E-state index in [1.165, 1.54) is 12.1 Å². The molecule has 4 heteroatoms. The number of nitrogens with two attached hydrogens (primary N) is 1. The average Bonchev–Trinajstić information content (AvgIpc) is 2.21. The highest BCUT2D eigenvalue weighted by atomic mass is 79.9. The lowest BCUT2D eigenvalue weighted by Gasteiger charge is -2.19. The minimum Gasteiger partial charge on any atom is -0.398 e. The number of halogens is 2. The standard InChI is InChI=1S/C11H16BrFN2/c1-3-15(4-2)7-8-5-9(13)6-10(12)11(8)14/h5-6H,3-4,7,14H2,1-2H3. The maximum absolute atomic E-state index is 13.2. The number of anilines is 1. The molecule has 0 radical (unpaired) electrons. The number of hydrogen-bond acceptors (Lipinski definition) is 2. The van der Waals surface area contributed by atoms with Crippen LogP contribution in [0.5, 0.6) is 0 Å². The van der Waals surface area contributed by atoms with Gasteiger partial charge in [0.1, 0.15) is 5.82 Å². The Bertz CT molecular complexity index is 338. The van der Waals surface area contributed by atoms with E-state index in [2.05, 4.69) is 34.7 Å². The summed E-state index contributed by atoms with van der Waals surface area (Å²) in [6, 6.07) is 2.89. The van der Waals surface area contributed by atoms with Gasteiger partial charge in [0.15, 0.2) is 0 Å². The SMILES string of the molecule is CCN(CC)Cc1cc(F)cc(Br)c1N. The molecular formula is C11H16BrFN2. The summed E-state index contributed by atoms with van der Waals surface area (Å²) in [5, 5.41) is 0. The number of nitrogen functional groups attached to an aromatic ring is 1. The van der Waals surface area contributed by atoms with Crippen molar-refractivity contribution in [2.45, 2.75) is 20.4 Å². The van der Waals surface area contributed by atoms with Crippen LogP contribution in [0.3, 0.4) is 0 Å². The first-order valence-electron chi connectivity index (χ1n) is 5.04. The molecule has 0 saturated carbocycles. The fourth-order valence-corrected chi connectivity index (χ4v) is 1.93.